The summed E-state index contributed by atoms with van der Waals surface area (Å²) in [7, 11) is 0. The van der Waals surface area contributed by atoms with E-state index in [9.17, 15) is 0 Å². The Bertz CT molecular complexity index is 163. The Labute approximate surface area is 99.5 Å². The van der Waals surface area contributed by atoms with E-state index in [-0.39, 0.29) is 6.61 Å². The number of rotatable bonds is 7. The smallest absolute Gasteiger partial charge is 0.0558 e. The van der Waals surface area contributed by atoms with Crippen LogP contribution < -0.4 is 0 Å². The third-order valence-corrected chi connectivity index (χ3v) is 4.19. The van der Waals surface area contributed by atoms with Gasteiger partial charge in [-0.1, -0.05) is 19.8 Å². The molecular weight excluding hydrogens is 206 g/mol. The third kappa shape index (κ3) is 3.97. The van der Waals surface area contributed by atoms with Crippen LogP contribution in [0, 0.1) is 5.41 Å². The first kappa shape index (κ1) is 13.3. The summed E-state index contributed by atoms with van der Waals surface area (Å²) in [5.74, 6) is 0.999. The van der Waals surface area contributed by atoms with E-state index in [1.807, 2.05) is 0 Å². The van der Waals surface area contributed by atoms with Gasteiger partial charge in [-0.05, 0) is 37.0 Å². The van der Waals surface area contributed by atoms with Gasteiger partial charge in [-0.25, -0.2) is 0 Å². The van der Waals surface area contributed by atoms with Gasteiger partial charge in [0.1, 0.15) is 0 Å². The summed E-state index contributed by atoms with van der Waals surface area (Å²) < 4.78 is 0. The van der Waals surface area contributed by atoms with Gasteiger partial charge in [0.25, 0.3) is 0 Å². The summed E-state index contributed by atoms with van der Waals surface area (Å²) >= 11 is 4.52. The Morgan fingerprint density at radius 2 is 1.93 bits per heavy atom. The zero-order valence-electron chi connectivity index (χ0n) is 9.91. The first-order valence-electron chi connectivity index (χ1n) is 6.20. The summed E-state index contributed by atoms with van der Waals surface area (Å²) in [4.78, 5) is 2.40. The van der Waals surface area contributed by atoms with E-state index in [0.717, 1.165) is 25.4 Å². The number of hydrogen-bond donors (Lipinski definition) is 2. The van der Waals surface area contributed by atoms with E-state index < -0.39 is 0 Å². The van der Waals surface area contributed by atoms with Crippen molar-refractivity contribution in [2.75, 3.05) is 32.0 Å². The lowest BCUT2D eigenvalue weighted by Gasteiger charge is -2.34. The van der Waals surface area contributed by atoms with Gasteiger partial charge < -0.3 is 10.0 Å². The molecule has 0 aliphatic heterocycles. The largest absolute Gasteiger partial charge is 0.395 e. The van der Waals surface area contributed by atoms with Crippen molar-refractivity contribution in [3.63, 3.8) is 0 Å². The van der Waals surface area contributed by atoms with Crippen molar-refractivity contribution >= 4 is 12.6 Å². The van der Waals surface area contributed by atoms with Crippen LogP contribution in [0.1, 0.15) is 39.0 Å². The molecular formula is C12H25NOS. The van der Waals surface area contributed by atoms with Crippen molar-refractivity contribution in [2.45, 2.75) is 39.0 Å². The van der Waals surface area contributed by atoms with E-state index in [4.69, 9.17) is 5.11 Å². The molecule has 0 spiro atoms. The number of aliphatic hydroxyl groups excluding tert-OH is 1. The highest BCUT2D eigenvalue weighted by Crippen LogP contribution is 2.39. The van der Waals surface area contributed by atoms with Gasteiger partial charge >= 0.3 is 0 Å². The molecule has 1 rings (SSSR count). The lowest BCUT2D eigenvalue weighted by atomic mass is 9.88. The first-order chi connectivity index (χ1) is 7.26. The molecule has 1 fully saturated rings. The SMILES string of the molecule is CCCN(CCO)CC1(CS)CCCC1. The Morgan fingerprint density at radius 3 is 2.40 bits per heavy atom. The van der Waals surface area contributed by atoms with E-state index in [1.165, 1.54) is 32.1 Å². The Balaban J connectivity index is 2.46. The molecule has 1 aliphatic rings. The van der Waals surface area contributed by atoms with Gasteiger partial charge in [0, 0.05) is 13.1 Å². The highest BCUT2D eigenvalue weighted by Gasteiger charge is 2.33. The number of nitrogens with zero attached hydrogens (tertiary/aromatic N) is 1. The van der Waals surface area contributed by atoms with Crippen LogP contribution >= 0.6 is 12.6 Å². The first-order valence-corrected chi connectivity index (χ1v) is 6.83. The second-order valence-corrected chi connectivity index (χ2v) is 5.18. The minimum absolute atomic E-state index is 0.280. The number of hydrogen-bond acceptors (Lipinski definition) is 3. The van der Waals surface area contributed by atoms with Crippen LogP contribution in [0.3, 0.4) is 0 Å². The summed E-state index contributed by atoms with van der Waals surface area (Å²) in [5, 5.41) is 9.03. The van der Waals surface area contributed by atoms with Crippen LogP contribution in [-0.2, 0) is 0 Å². The minimum atomic E-state index is 0.280. The summed E-state index contributed by atoms with van der Waals surface area (Å²) in [6, 6.07) is 0. The molecule has 0 aromatic carbocycles. The van der Waals surface area contributed by atoms with Gasteiger partial charge in [0.2, 0.25) is 0 Å². The Hall–Kier alpha value is 0.270. The van der Waals surface area contributed by atoms with Gasteiger partial charge in [-0.3, -0.25) is 0 Å². The van der Waals surface area contributed by atoms with Crippen molar-refractivity contribution in [3.8, 4) is 0 Å². The monoisotopic (exact) mass is 231 g/mol. The van der Waals surface area contributed by atoms with Crippen molar-refractivity contribution in [1.82, 2.24) is 4.90 Å². The number of thiol groups is 1. The summed E-state index contributed by atoms with van der Waals surface area (Å²) in [5.41, 5.74) is 0.438. The molecule has 0 radical (unpaired) electrons. The number of aliphatic hydroxyl groups is 1. The Kier molecular flexibility index (Phi) is 6.02. The molecule has 0 bridgehead atoms. The fraction of sp³-hybridized carbons (Fsp3) is 1.00. The molecule has 0 aromatic rings. The van der Waals surface area contributed by atoms with Crippen LogP contribution in [0.4, 0.5) is 0 Å². The van der Waals surface area contributed by atoms with Crippen LogP contribution in [0.2, 0.25) is 0 Å². The standard InChI is InChI=1S/C12H25NOS/c1-2-7-13(8-9-14)10-12(11-15)5-3-4-6-12/h14-15H,2-11H2,1H3. The molecule has 0 unspecified atom stereocenters. The summed E-state index contributed by atoms with van der Waals surface area (Å²) in [6.45, 7) is 5.54. The molecule has 1 N–H and O–H groups in total. The third-order valence-electron chi connectivity index (χ3n) is 3.51. The molecule has 3 heteroatoms. The van der Waals surface area contributed by atoms with Crippen LogP contribution in [-0.4, -0.2) is 42.0 Å². The van der Waals surface area contributed by atoms with E-state index in [1.54, 1.807) is 0 Å². The topological polar surface area (TPSA) is 23.5 Å². The van der Waals surface area contributed by atoms with Gasteiger partial charge in [-0.2, -0.15) is 12.6 Å². The van der Waals surface area contributed by atoms with E-state index in [0.29, 0.717) is 5.41 Å². The predicted octanol–water partition coefficient (Wildman–Crippen LogP) is 2.18. The fourth-order valence-electron chi connectivity index (χ4n) is 2.69. The second-order valence-electron chi connectivity index (χ2n) is 4.86. The maximum absolute atomic E-state index is 9.03. The van der Waals surface area contributed by atoms with E-state index in [2.05, 4.69) is 24.5 Å². The van der Waals surface area contributed by atoms with E-state index >= 15 is 0 Å². The van der Waals surface area contributed by atoms with Crippen molar-refractivity contribution in [1.29, 1.82) is 0 Å². The fourth-order valence-corrected chi connectivity index (χ4v) is 3.11. The highest BCUT2D eigenvalue weighted by molar-refractivity contribution is 7.80. The maximum atomic E-state index is 9.03. The van der Waals surface area contributed by atoms with Crippen molar-refractivity contribution < 1.29 is 5.11 Å². The predicted molar refractivity (Wildman–Crippen MR) is 68.6 cm³/mol. The molecule has 0 saturated heterocycles. The minimum Gasteiger partial charge on any atom is -0.395 e. The van der Waals surface area contributed by atoms with Crippen LogP contribution in [0.15, 0.2) is 0 Å². The van der Waals surface area contributed by atoms with Gasteiger partial charge in [0.15, 0.2) is 0 Å². The molecule has 15 heavy (non-hydrogen) atoms. The van der Waals surface area contributed by atoms with Gasteiger partial charge in [-0.15, -0.1) is 0 Å². The quantitative estimate of drug-likeness (QED) is 0.656. The molecule has 0 heterocycles. The molecule has 0 aromatic heterocycles. The maximum Gasteiger partial charge on any atom is 0.0558 e. The zero-order valence-corrected chi connectivity index (χ0v) is 10.8. The van der Waals surface area contributed by atoms with Crippen LogP contribution in [0.25, 0.3) is 0 Å². The lowest BCUT2D eigenvalue weighted by Crippen LogP contribution is -2.39. The average molecular weight is 231 g/mol. The summed E-state index contributed by atoms with van der Waals surface area (Å²) in [6.07, 6.45) is 6.53. The molecule has 1 saturated carbocycles. The normalized spacial score (nSPS) is 20.0. The molecule has 0 amide bonds. The second kappa shape index (κ2) is 6.77. The Morgan fingerprint density at radius 1 is 1.27 bits per heavy atom. The van der Waals surface area contributed by atoms with Crippen LogP contribution in [0.5, 0.6) is 0 Å². The highest BCUT2D eigenvalue weighted by atomic mass is 32.1. The molecule has 2 nitrogen and oxygen atoms in total. The molecule has 1 aliphatic carbocycles. The van der Waals surface area contributed by atoms with Crippen molar-refractivity contribution in [2.24, 2.45) is 5.41 Å². The zero-order chi connectivity index (χ0) is 11.1. The van der Waals surface area contributed by atoms with Crippen molar-refractivity contribution in [3.05, 3.63) is 0 Å². The lowest BCUT2D eigenvalue weighted by molar-refractivity contribution is 0.140. The molecule has 90 valence electrons. The van der Waals surface area contributed by atoms with Gasteiger partial charge in [0.05, 0.1) is 6.61 Å². The molecule has 0 atom stereocenters. The average Bonchev–Trinajstić information content (AvgIpc) is 2.68.